The molecule has 3 rings (SSSR count). The molecule has 0 bridgehead atoms. The first-order chi connectivity index (χ1) is 12.9. The fourth-order valence-electron chi connectivity index (χ4n) is 2.61. The van der Waals surface area contributed by atoms with Crippen LogP contribution in [0.25, 0.3) is 22.7 Å². The summed E-state index contributed by atoms with van der Waals surface area (Å²) >= 11 is 0. The Balaban J connectivity index is 1.88. The molecular weight excluding hydrogens is 342 g/mol. The summed E-state index contributed by atoms with van der Waals surface area (Å²) in [6, 6.07) is 13.1. The van der Waals surface area contributed by atoms with Crippen LogP contribution in [0.2, 0.25) is 0 Å². The number of H-pyrrole nitrogens is 1. The van der Waals surface area contributed by atoms with Crippen LogP contribution in [-0.4, -0.2) is 27.1 Å². The maximum absolute atomic E-state index is 10.8. The number of imidazole rings is 1. The van der Waals surface area contributed by atoms with Crippen molar-refractivity contribution in [3.63, 3.8) is 0 Å². The Morgan fingerprint density at radius 3 is 2.56 bits per heavy atom. The van der Waals surface area contributed by atoms with E-state index in [0.29, 0.717) is 17.1 Å². The van der Waals surface area contributed by atoms with Crippen LogP contribution >= 0.6 is 0 Å². The van der Waals surface area contributed by atoms with Gasteiger partial charge in [-0.05, 0) is 67.8 Å². The standard InChI is InChI=1S/C21H19N3O3/c1-12-8-18-19(9-13(12)2)24-20(23-18)16(11-22)10-15-4-6-17(7-5-15)27-14(3)21(25)26/h4-10,14H,1-3H3,(H,23,24)(H,25,26)/b16-10-/t14-/m0/s1. The number of rotatable bonds is 5. The van der Waals surface area contributed by atoms with Crippen LogP contribution in [0.5, 0.6) is 5.75 Å². The van der Waals surface area contributed by atoms with Crippen molar-refractivity contribution < 1.29 is 14.6 Å². The first-order valence-electron chi connectivity index (χ1n) is 8.46. The van der Waals surface area contributed by atoms with Crippen molar-refractivity contribution in [3.05, 3.63) is 58.9 Å². The highest BCUT2D eigenvalue weighted by atomic mass is 16.5. The van der Waals surface area contributed by atoms with E-state index in [2.05, 4.69) is 16.0 Å². The first kappa shape index (κ1) is 18.2. The summed E-state index contributed by atoms with van der Waals surface area (Å²) in [7, 11) is 0. The van der Waals surface area contributed by atoms with E-state index in [1.54, 1.807) is 30.3 Å². The summed E-state index contributed by atoms with van der Waals surface area (Å²) in [5.74, 6) is -0.0614. The predicted octanol–water partition coefficient (Wildman–Crippen LogP) is 4.10. The van der Waals surface area contributed by atoms with Gasteiger partial charge in [-0.15, -0.1) is 0 Å². The summed E-state index contributed by atoms with van der Waals surface area (Å²) in [6.07, 6.45) is 0.797. The number of aromatic nitrogens is 2. The van der Waals surface area contributed by atoms with Gasteiger partial charge in [-0.1, -0.05) is 12.1 Å². The number of aliphatic carboxylic acids is 1. The van der Waals surface area contributed by atoms with Gasteiger partial charge >= 0.3 is 5.97 Å². The average molecular weight is 361 g/mol. The Morgan fingerprint density at radius 1 is 1.26 bits per heavy atom. The zero-order valence-electron chi connectivity index (χ0n) is 15.3. The van der Waals surface area contributed by atoms with Crippen LogP contribution in [0.3, 0.4) is 0 Å². The summed E-state index contributed by atoms with van der Waals surface area (Å²) in [4.78, 5) is 18.6. The number of carboxylic acid groups (broad SMARTS) is 1. The van der Waals surface area contributed by atoms with Crippen molar-refractivity contribution in [1.29, 1.82) is 5.26 Å². The number of nitriles is 1. The topological polar surface area (TPSA) is 99.0 Å². The second-order valence-electron chi connectivity index (χ2n) is 6.38. The number of ether oxygens (including phenoxy) is 1. The molecule has 0 amide bonds. The fourth-order valence-corrected chi connectivity index (χ4v) is 2.61. The number of fused-ring (bicyclic) bond motifs is 1. The van der Waals surface area contributed by atoms with Crippen molar-refractivity contribution >= 4 is 28.7 Å². The molecule has 0 radical (unpaired) electrons. The summed E-state index contributed by atoms with van der Waals surface area (Å²) < 4.78 is 5.31. The SMILES string of the molecule is Cc1cc2nc(/C(C#N)=C\c3ccc(O[C@@H](C)C(=O)O)cc3)[nH]c2cc1C. The summed E-state index contributed by atoms with van der Waals surface area (Å²) in [5.41, 5.74) is 5.21. The van der Waals surface area contributed by atoms with Gasteiger partial charge in [0.1, 0.15) is 17.6 Å². The third-order valence-corrected chi connectivity index (χ3v) is 4.32. The summed E-state index contributed by atoms with van der Waals surface area (Å²) in [6.45, 7) is 5.53. The molecule has 0 saturated carbocycles. The molecule has 2 N–H and O–H groups in total. The number of nitrogens with one attached hydrogen (secondary N) is 1. The number of benzene rings is 2. The van der Waals surface area contributed by atoms with Crippen LogP contribution in [0.15, 0.2) is 36.4 Å². The second-order valence-corrected chi connectivity index (χ2v) is 6.38. The third kappa shape index (κ3) is 3.98. The molecule has 0 unspecified atom stereocenters. The molecule has 6 heteroatoms. The Morgan fingerprint density at radius 2 is 1.93 bits per heavy atom. The molecule has 1 atom stereocenters. The lowest BCUT2D eigenvalue weighted by molar-refractivity contribution is -0.144. The van der Waals surface area contributed by atoms with Crippen LogP contribution < -0.4 is 4.74 Å². The van der Waals surface area contributed by atoms with E-state index >= 15 is 0 Å². The molecule has 0 aliphatic rings. The van der Waals surface area contributed by atoms with E-state index in [-0.39, 0.29) is 0 Å². The smallest absolute Gasteiger partial charge is 0.344 e. The molecule has 0 fully saturated rings. The number of aryl methyl sites for hydroxylation is 2. The van der Waals surface area contributed by atoms with Gasteiger partial charge in [0.2, 0.25) is 0 Å². The number of allylic oxidation sites excluding steroid dienone is 1. The number of carbonyl (C=O) groups is 1. The average Bonchev–Trinajstić information content (AvgIpc) is 3.03. The van der Waals surface area contributed by atoms with Gasteiger partial charge in [-0.2, -0.15) is 5.26 Å². The van der Waals surface area contributed by atoms with E-state index in [1.807, 2.05) is 26.0 Å². The number of aromatic amines is 1. The molecule has 136 valence electrons. The Bertz CT molecular complexity index is 1030. The van der Waals surface area contributed by atoms with Crippen molar-refractivity contribution in [2.45, 2.75) is 26.9 Å². The van der Waals surface area contributed by atoms with E-state index in [4.69, 9.17) is 9.84 Å². The molecule has 0 spiro atoms. The second kappa shape index (κ2) is 7.34. The maximum Gasteiger partial charge on any atom is 0.344 e. The molecule has 1 heterocycles. The Kier molecular flexibility index (Phi) is 4.95. The third-order valence-electron chi connectivity index (χ3n) is 4.32. The number of hydrogen-bond donors (Lipinski definition) is 2. The highest BCUT2D eigenvalue weighted by Crippen LogP contribution is 2.23. The summed E-state index contributed by atoms with van der Waals surface area (Å²) in [5, 5.41) is 18.4. The van der Waals surface area contributed by atoms with Crippen molar-refractivity contribution in [3.8, 4) is 11.8 Å². The van der Waals surface area contributed by atoms with Gasteiger partial charge in [0.15, 0.2) is 6.10 Å². The van der Waals surface area contributed by atoms with Crippen molar-refractivity contribution in [2.75, 3.05) is 0 Å². The quantitative estimate of drug-likeness (QED) is 0.667. The molecule has 2 aromatic carbocycles. The Hall–Kier alpha value is -3.59. The van der Waals surface area contributed by atoms with Crippen LogP contribution in [0.4, 0.5) is 0 Å². The Labute approximate surface area is 156 Å². The molecule has 3 aromatic rings. The number of nitrogens with zero attached hydrogens (tertiary/aromatic N) is 2. The first-order valence-corrected chi connectivity index (χ1v) is 8.46. The lowest BCUT2D eigenvalue weighted by Crippen LogP contribution is -2.22. The lowest BCUT2D eigenvalue weighted by atomic mass is 10.1. The highest BCUT2D eigenvalue weighted by Gasteiger charge is 2.12. The van der Waals surface area contributed by atoms with Crippen molar-refractivity contribution in [2.24, 2.45) is 0 Å². The van der Waals surface area contributed by atoms with Crippen LogP contribution in [0, 0.1) is 25.2 Å². The number of hydrogen-bond acceptors (Lipinski definition) is 4. The van der Waals surface area contributed by atoms with Gasteiger partial charge in [-0.3, -0.25) is 0 Å². The highest BCUT2D eigenvalue weighted by molar-refractivity contribution is 5.90. The van der Waals surface area contributed by atoms with E-state index in [0.717, 1.165) is 27.7 Å². The molecule has 27 heavy (non-hydrogen) atoms. The van der Waals surface area contributed by atoms with Gasteiger partial charge in [0.25, 0.3) is 0 Å². The normalized spacial score (nSPS) is 12.6. The van der Waals surface area contributed by atoms with E-state index < -0.39 is 12.1 Å². The minimum Gasteiger partial charge on any atom is -0.479 e. The van der Waals surface area contributed by atoms with Gasteiger partial charge in [-0.25, -0.2) is 9.78 Å². The minimum atomic E-state index is -1.03. The van der Waals surface area contributed by atoms with E-state index in [1.165, 1.54) is 6.92 Å². The van der Waals surface area contributed by atoms with Gasteiger partial charge < -0.3 is 14.8 Å². The number of carboxylic acids is 1. The molecule has 0 aliphatic carbocycles. The minimum absolute atomic E-state index is 0.411. The maximum atomic E-state index is 10.8. The monoisotopic (exact) mass is 361 g/mol. The molecule has 0 saturated heterocycles. The van der Waals surface area contributed by atoms with Gasteiger partial charge in [0.05, 0.1) is 16.6 Å². The predicted molar refractivity (Wildman–Crippen MR) is 103 cm³/mol. The lowest BCUT2D eigenvalue weighted by Gasteiger charge is -2.10. The molecule has 0 aliphatic heterocycles. The largest absolute Gasteiger partial charge is 0.479 e. The molecule has 1 aromatic heterocycles. The zero-order chi connectivity index (χ0) is 19.6. The van der Waals surface area contributed by atoms with Crippen LogP contribution in [-0.2, 0) is 4.79 Å². The van der Waals surface area contributed by atoms with Crippen LogP contribution in [0.1, 0.15) is 29.4 Å². The van der Waals surface area contributed by atoms with E-state index in [9.17, 15) is 10.1 Å². The molecule has 6 nitrogen and oxygen atoms in total. The molecular formula is C21H19N3O3. The van der Waals surface area contributed by atoms with Gasteiger partial charge in [0, 0.05) is 0 Å². The fraction of sp³-hybridized carbons (Fsp3) is 0.190. The van der Waals surface area contributed by atoms with Crippen molar-refractivity contribution in [1.82, 2.24) is 9.97 Å². The zero-order valence-corrected chi connectivity index (χ0v) is 15.3.